The van der Waals surface area contributed by atoms with Crippen molar-refractivity contribution in [1.82, 2.24) is 14.4 Å². The van der Waals surface area contributed by atoms with E-state index in [4.69, 9.17) is 0 Å². The highest BCUT2D eigenvalue weighted by atomic mass is 79.9. The Bertz CT molecular complexity index is 492. The van der Waals surface area contributed by atoms with Crippen LogP contribution in [0.2, 0.25) is 0 Å². The summed E-state index contributed by atoms with van der Waals surface area (Å²) in [6.07, 6.45) is 1.59. The number of aryl methyl sites for hydroxylation is 1. The van der Waals surface area contributed by atoms with Crippen LogP contribution in [0, 0.1) is 0 Å². The molecule has 2 rings (SSSR count). The molecule has 2 heterocycles. The minimum Gasteiger partial charge on any atom is -0.336 e. The highest BCUT2D eigenvalue weighted by molar-refractivity contribution is 9.10. The number of piperazine rings is 1. The molecule has 5 nitrogen and oxygen atoms in total. The Morgan fingerprint density at radius 1 is 1.22 bits per heavy atom. The molecule has 0 bridgehead atoms. The summed E-state index contributed by atoms with van der Waals surface area (Å²) in [6, 6.07) is 1.60. The van der Waals surface area contributed by atoms with Gasteiger partial charge in [-0.15, -0.1) is 0 Å². The van der Waals surface area contributed by atoms with E-state index in [1.807, 2.05) is 11.9 Å². The fourth-order valence-corrected chi connectivity index (χ4v) is 2.51. The molecule has 0 aliphatic carbocycles. The van der Waals surface area contributed by atoms with Gasteiger partial charge in [0, 0.05) is 39.4 Å². The third-order valence-electron chi connectivity index (χ3n) is 3.18. The lowest BCUT2D eigenvalue weighted by molar-refractivity contribution is 0.0663. The predicted octanol–water partition coefficient (Wildman–Crippen LogP) is 0.535. The Morgan fingerprint density at radius 3 is 2.39 bits per heavy atom. The van der Waals surface area contributed by atoms with E-state index in [0.29, 0.717) is 10.0 Å². The van der Waals surface area contributed by atoms with Gasteiger partial charge in [-0.3, -0.25) is 9.59 Å². The molecule has 0 saturated carbocycles. The van der Waals surface area contributed by atoms with Crippen LogP contribution < -0.4 is 5.56 Å². The standard InChI is InChI=1S/C12H16BrN3O2/c1-14-3-5-16(6-4-14)11(17)9-7-10(13)12(18)15(2)8-9/h7-8H,3-6H2,1-2H3. The summed E-state index contributed by atoms with van der Waals surface area (Å²) in [5.74, 6) is -0.0144. The van der Waals surface area contributed by atoms with E-state index in [2.05, 4.69) is 20.8 Å². The van der Waals surface area contributed by atoms with Gasteiger partial charge in [0.1, 0.15) is 0 Å². The van der Waals surface area contributed by atoms with Crippen molar-refractivity contribution >= 4 is 21.8 Å². The lowest BCUT2D eigenvalue weighted by Crippen LogP contribution is -2.47. The summed E-state index contributed by atoms with van der Waals surface area (Å²) >= 11 is 3.19. The van der Waals surface area contributed by atoms with Crippen LogP contribution in [0.15, 0.2) is 21.5 Å². The first-order valence-corrected chi connectivity index (χ1v) is 6.62. The molecule has 6 heteroatoms. The van der Waals surface area contributed by atoms with E-state index in [0.717, 1.165) is 26.2 Å². The van der Waals surface area contributed by atoms with Crippen molar-refractivity contribution in [2.45, 2.75) is 0 Å². The fourth-order valence-electron chi connectivity index (χ4n) is 1.98. The number of carbonyl (C=O) groups excluding carboxylic acids is 1. The molecule has 1 aliphatic rings. The molecule has 0 radical (unpaired) electrons. The smallest absolute Gasteiger partial charge is 0.264 e. The van der Waals surface area contributed by atoms with Crippen molar-refractivity contribution in [2.75, 3.05) is 33.2 Å². The Balaban J connectivity index is 2.21. The minimum absolute atomic E-state index is 0.0144. The maximum atomic E-state index is 12.3. The number of rotatable bonds is 1. The summed E-state index contributed by atoms with van der Waals surface area (Å²) in [7, 11) is 3.69. The number of pyridine rings is 1. The Labute approximate surface area is 114 Å². The topological polar surface area (TPSA) is 45.6 Å². The van der Waals surface area contributed by atoms with Crippen molar-refractivity contribution in [3.05, 3.63) is 32.7 Å². The molecule has 1 aromatic rings. The van der Waals surface area contributed by atoms with Gasteiger partial charge >= 0.3 is 0 Å². The summed E-state index contributed by atoms with van der Waals surface area (Å²) in [6.45, 7) is 3.24. The van der Waals surface area contributed by atoms with E-state index in [1.165, 1.54) is 4.57 Å². The zero-order valence-electron chi connectivity index (χ0n) is 10.5. The second-order valence-corrected chi connectivity index (χ2v) is 5.44. The number of nitrogens with zero attached hydrogens (tertiary/aromatic N) is 3. The average Bonchev–Trinajstić information content (AvgIpc) is 2.35. The molecule has 0 spiro atoms. The van der Waals surface area contributed by atoms with Crippen LogP contribution >= 0.6 is 15.9 Å². The second kappa shape index (κ2) is 5.24. The highest BCUT2D eigenvalue weighted by Crippen LogP contribution is 2.11. The van der Waals surface area contributed by atoms with Crippen LogP contribution in [0.25, 0.3) is 0 Å². The monoisotopic (exact) mass is 313 g/mol. The van der Waals surface area contributed by atoms with Gasteiger partial charge in [0.2, 0.25) is 0 Å². The average molecular weight is 314 g/mol. The second-order valence-electron chi connectivity index (χ2n) is 4.59. The summed E-state index contributed by atoms with van der Waals surface area (Å²) in [5, 5.41) is 0. The summed E-state index contributed by atoms with van der Waals surface area (Å²) in [5.41, 5.74) is 0.415. The molecule has 18 heavy (non-hydrogen) atoms. The number of amides is 1. The van der Waals surface area contributed by atoms with Gasteiger partial charge in [0.25, 0.3) is 11.5 Å². The Morgan fingerprint density at radius 2 is 1.83 bits per heavy atom. The number of aromatic nitrogens is 1. The summed E-state index contributed by atoms with van der Waals surface area (Å²) < 4.78 is 1.85. The molecule has 0 atom stereocenters. The molecule has 0 aromatic carbocycles. The fraction of sp³-hybridized carbons (Fsp3) is 0.500. The van der Waals surface area contributed by atoms with Crippen LogP contribution in [0.4, 0.5) is 0 Å². The lowest BCUT2D eigenvalue weighted by Gasteiger charge is -2.32. The van der Waals surface area contributed by atoms with Gasteiger partial charge in [-0.05, 0) is 29.0 Å². The predicted molar refractivity (Wildman–Crippen MR) is 72.8 cm³/mol. The minimum atomic E-state index is -0.134. The Kier molecular flexibility index (Phi) is 3.87. The molecule has 1 aliphatic heterocycles. The quantitative estimate of drug-likeness (QED) is 0.760. The molecule has 1 saturated heterocycles. The summed E-state index contributed by atoms with van der Waals surface area (Å²) in [4.78, 5) is 27.9. The highest BCUT2D eigenvalue weighted by Gasteiger charge is 2.21. The van der Waals surface area contributed by atoms with Gasteiger partial charge in [0.05, 0.1) is 10.0 Å². The normalized spacial score (nSPS) is 16.9. The van der Waals surface area contributed by atoms with Crippen molar-refractivity contribution in [3.63, 3.8) is 0 Å². The maximum absolute atomic E-state index is 12.3. The van der Waals surface area contributed by atoms with Crippen molar-refractivity contribution in [3.8, 4) is 0 Å². The number of likely N-dealkylation sites (N-methyl/N-ethyl adjacent to an activating group) is 1. The Hall–Kier alpha value is -1.14. The molecular formula is C12H16BrN3O2. The molecule has 0 N–H and O–H groups in total. The number of hydrogen-bond acceptors (Lipinski definition) is 3. The van der Waals surface area contributed by atoms with E-state index in [9.17, 15) is 9.59 Å². The first-order valence-electron chi connectivity index (χ1n) is 5.83. The SMILES string of the molecule is CN1CCN(C(=O)c2cc(Br)c(=O)n(C)c2)CC1. The largest absolute Gasteiger partial charge is 0.336 e. The zero-order valence-corrected chi connectivity index (χ0v) is 12.1. The number of halogens is 1. The van der Waals surface area contributed by atoms with Gasteiger partial charge in [-0.2, -0.15) is 0 Å². The van der Waals surface area contributed by atoms with Gasteiger partial charge in [-0.1, -0.05) is 0 Å². The van der Waals surface area contributed by atoms with Gasteiger partial charge in [-0.25, -0.2) is 0 Å². The van der Waals surface area contributed by atoms with Crippen molar-refractivity contribution in [1.29, 1.82) is 0 Å². The number of hydrogen-bond donors (Lipinski definition) is 0. The van der Waals surface area contributed by atoms with E-state index in [1.54, 1.807) is 19.3 Å². The third kappa shape index (κ3) is 2.64. The first kappa shape index (κ1) is 13.3. The molecule has 0 unspecified atom stereocenters. The van der Waals surface area contributed by atoms with E-state index < -0.39 is 0 Å². The van der Waals surface area contributed by atoms with Gasteiger partial charge in [0.15, 0.2) is 0 Å². The third-order valence-corrected chi connectivity index (χ3v) is 3.75. The molecular weight excluding hydrogens is 298 g/mol. The van der Waals surface area contributed by atoms with Crippen molar-refractivity contribution in [2.24, 2.45) is 7.05 Å². The van der Waals surface area contributed by atoms with Crippen molar-refractivity contribution < 1.29 is 4.79 Å². The molecule has 1 fully saturated rings. The van der Waals surface area contributed by atoms with Crippen LogP contribution in [-0.4, -0.2) is 53.5 Å². The van der Waals surface area contributed by atoms with Gasteiger partial charge < -0.3 is 14.4 Å². The van der Waals surface area contributed by atoms with E-state index >= 15 is 0 Å². The van der Waals surface area contributed by atoms with Crippen LogP contribution in [-0.2, 0) is 7.05 Å². The first-order chi connectivity index (χ1) is 8.49. The van der Waals surface area contributed by atoms with Crippen LogP contribution in [0.5, 0.6) is 0 Å². The molecule has 1 amide bonds. The molecule has 1 aromatic heterocycles. The van der Waals surface area contributed by atoms with Crippen LogP contribution in [0.3, 0.4) is 0 Å². The van der Waals surface area contributed by atoms with E-state index in [-0.39, 0.29) is 11.5 Å². The lowest BCUT2D eigenvalue weighted by atomic mass is 10.2. The molecule has 98 valence electrons. The zero-order chi connectivity index (χ0) is 13.3. The number of carbonyl (C=O) groups is 1. The van der Waals surface area contributed by atoms with Crippen LogP contribution in [0.1, 0.15) is 10.4 Å². The maximum Gasteiger partial charge on any atom is 0.264 e.